The monoisotopic (exact) mass is 397 g/mol. The van der Waals surface area contributed by atoms with Gasteiger partial charge in [-0.2, -0.15) is 18.3 Å². The molecule has 0 fully saturated rings. The van der Waals surface area contributed by atoms with Crippen LogP contribution in [0.3, 0.4) is 0 Å². The molecule has 0 amide bonds. The first-order valence-electron chi connectivity index (χ1n) is 8.40. The minimum atomic E-state index is -4.66. The second-order valence-electron chi connectivity index (χ2n) is 6.07. The summed E-state index contributed by atoms with van der Waals surface area (Å²) in [7, 11) is 0. The van der Waals surface area contributed by atoms with Crippen LogP contribution in [0.5, 0.6) is 0 Å². The first kappa shape index (κ1) is 17.2. The summed E-state index contributed by atoms with van der Waals surface area (Å²) >= 11 is 0. The lowest BCUT2D eigenvalue weighted by molar-refractivity contribution is -0.142. The van der Waals surface area contributed by atoms with Crippen LogP contribution < -0.4 is 0 Å². The lowest BCUT2D eigenvalue weighted by Gasteiger charge is -2.10. The minimum absolute atomic E-state index is 0.0103. The average molecular weight is 397 g/mol. The number of benzene rings is 1. The largest absolute Gasteiger partial charge is 0.463 e. The molecule has 0 aliphatic carbocycles. The Hall–Kier alpha value is -3.95. The molecule has 0 bridgehead atoms. The van der Waals surface area contributed by atoms with Crippen LogP contribution in [0.1, 0.15) is 5.69 Å². The lowest BCUT2D eigenvalue weighted by Crippen LogP contribution is -2.13. The number of hydrogen-bond acceptors (Lipinski definition) is 6. The minimum Gasteiger partial charge on any atom is -0.463 e. The van der Waals surface area contributed by atoms with Crippen molar-refractivity contribution in [2.45, 2.75) is 6.18 Å². The fourth-order valence-corrected chi connectivity index (χ4v) is 2.90. The zero-order valence-corrected chi connectivity index (χ0v) is 14.5. The van der Waals surface area contributed by atoms with Gasteiger partial charge in [0.2, 0.25) is 5.89 Å². The topological polar surface area (TPSA) is 82.2 Å². The van der Waals surface area contributed by atoms with E-state index >= 15 is 0 Å². The third kappa shape index (κ3) is 2.94. The van der Waals surface area contributed by atoms with Gasteiger partial charge < -0.3 is 8.83 Å². The second kappa shape index (κ2) is 6.30. The zero-order valence-electron chi connectivity index (χ0n) is 14.5. The Morgan fingerprint density at radius 1 is 0.931 bits per heavy atom. The number of rotatable bonds is 3. The standard InChI is InChI=1S/C19H10F3N5O2/c20-19(21,22)15-9-13(14-7-4-8-28-14)24-16-12(10-23-27(15)16)18-26-25-17(29-18)11-5-2-1-3-6-11/h1-10H. The van der Waals surface area contributed by atoms with Crippen molar-refractivity contribution in [3.8, 4) is 34.4 Å². The van der Waals surface area contributed by atoms with Gasteiger partial charge in [0.05, 0.1) is 12.5 Å². The highest BCUT2D eigenvalue weighted by molar-refractivity contribution is 5.74. The smallest absolute Gasteiger partial charge is 0.433 e. The molecule has 0 atom stereocenters. The van der Waals surface area contributed by atoms with Crippen molar-refractivity contribution >= 4 is 5.65 Å². The van der Waals surface area contributed by atoms with E-state index in [4.69, 9.17) is 8.83 Å². The highest BCUT2D eigenvalue weighted by Crippen LogP contribution is 2.35. The molecule has 0 N–H and O–H groups in total. The second-order valence-corrected chi connectivity index (χ2v) is 6.07. The third-order valence-electron chi connectivity index (χ3n) is 4.21. The summed E-state index contributed by atoms with van der Waals surface area (Å²) < 4.78 is 52.4. The molecular formula is C19H10F3N5O2. The molecule has 0 spiro atoms. The Morgan fingerprint density at radius 3 is 2.45 bits per heavy atom. The SMILES string of the molecule is FC(F)(F)c1cc(-c2ccco2)nc2c(-c3nnc(-c4ccccc4)o3)cnn12. The molecule has 0 unspecified atom stereocenters. The first-order chi connectivity index (χ1) is 14.0. The van der Waals surface area contributed by atoms with E-state index in [1.807, 2.05) is 6.07 Å². The van der Waals surface area contributed by atoms with Crippen molar-refractivity contribution in [2.24, 2.45) is 0 Å². The Bertz CT molecular complexity index is 1290. The van der Waals surface area contributed by atoms with Gasteiger partial charge in [0, 0.05) is 5.56 Å². The molecule has 0 aliphatic rings. The van der Waals surface area contributed by atoms with Crippen LogP contribution in [0.4, 0.5) is 13.2 Å². The molecule has 10 heteroatoms. The fraction of sp³-hybridized carbons (Fsp3) is 0.0526. The van der Waals surface area contributed by atoms with Gasteiger partial charge in [-0.3, -0.25) is 0 Å². The Morgan fingerprint density at radius 2 is 1.72 bits per heavy atom. The number of furan rings is 1. The zero-order chi connectivity index (χ0) is 20.0. The predicted octanol–water partition coefficient (Wildman–Crippen LogP) is 4.73. The van der Waals surface area contributed by atoms with Crippen molar-refractivity contribution in [1.29, 1.82) is 0 Å². The van der Waals surface area contributed by atoms with Crippen molar-refractivity contribution in [3.05, 3.63) is 66.7 Å². The molecular weight excluding hydrogens is 387 g/mol. The van der Waals surface area contributed by atoms with Gasteiger partial charge in [0.25, 0.3) is 5.89 Å². The molecule has 5 rings (SSSR count). The van der Waals surface area contributed by atoms with Crippen LogP contribution in [-0.4, -0.2) is 24.8 Å². The summed E-state index contributed by atoms with van der Waals surface area (Å²) in [5.74, 6) is 0.440. The van der Waals surface area contributed by atoms with Crippen LogP contribution >= 0.6 is 0 Å². The summed E-state index contributed by atoms with van der Waals surface area (Å²) in [5, 5.41) is 11.8. The van der Waals surface area contributed by atoms with E-state index in [2.05, 4.69) is 20.3 Å². The number of hydrogen-bond donors (Lipinski definition) is 0. The number of alkyl halides is 3. The Balaban J connectivity index is 1.70. The van der Waals surface area contributed by atoms with Crippen molar-refractivity contribution in [2.75, 3.05) is 0 Å². The van der Waals surface area contributed by atoms with E-state index in [-0.39, 0.29) is 34.4 Å². The summed E-state index contributed by atoms with van der Waals surface area (Å²) in [6.07, 6.45) is -2.09. The van der Waals surface area contributed by atoms with Gasteiger partial charge in [0.15, 0.2) is 17.1 Å². The Kier molecular flexibility index (Phi) is 3.73. The predicted molar refractivity (Wildman–Crippen MR) is 94.4 cm³/mol. The number of nitrogens with zero attached hydrogens (tertiary/aromatic N) is 5. The maximum Gasteiger partial charge on any atom is 0.433 e. The Labute approximate surface area is 160 Å². The van der Waals surface area contributed by atoms with Gasteiger partial charge in [-0.25, -0.2) is 9.50 Å². The van der Waals surface area contributed by atoms with Gasteiger partial charge >= 0.3 is 6.18 Å². The third-order valence-corrected chi connectivity index (χ3v) is 4.21. The summed E-state index contributed by atoms with van der Waals surface area (Å²) in [6, 6.07) is 13.0. The van der Waals surface area contributed by atoms with E-state index in [0.717, 1.165) is 6.07 Å². The van der Waals surface area contributed by atoms with E-state index in [1.165, 1.54) is 18.5 Å². The van der Waals surface area contributed by atoms with Crippen molar-refractivity contribution < 1.29 is 22.0 Å². The molecule has 5 aromatic rings. The number of fused-ring (bicyclic) bond motifs is 1. The average Bonchev–Trinajstić information content (AvgIpc) is 3.46. The molecule has 0 saturated heterocycles. The summed E-state index contributed by atoms with van der Waals surface area (Å²) in [4.78, 5) is 4.29. The molecule has 1 aromatic carbocycles. The normalized spacial score (nSPS) is 12.0. The summed E-state index contributed by atoms with van der Waals surface area (Å²) in [6.45, 7) is 0. The molecule has 29 heavy (non-hydrogen) atoms. The quantitative estimate of drug-likeness (QED) is 0.438. The van der Waals surface area contributed by atoms with Crippen LogP contribution in [0, 0.1) is 0 Å². The molecule has 0 saturated carbocycles. The highest BCUT2D eigenvalue weighted by atomic mass is 19.4. The van der Waals surface area contributed by atoms with Crippen molar-refractivity contribution in [3.63, 3.8) is 0 Å². The molecule has 0 aliphatic heterocycles. The molecule has 7 nitrogen and oxygen atoms in total. The van der Waals surface area contributed by atoms with Gasteiger partial charge in [-0.1, -0.05) is 18.2 Å². The molecule has 4 heterocycles. The maximum atomic E-state index is 13.6. The van der Waals surface area contributed by atoms with E-state index < -0.39 is 11.9 Å². The van der Waals surface area contributed by atoms with Crippen LogP contribution in [-0.2, 0) is 6.18 Å². The van der Waals surface area contributed by atoms with Crippen molar-refractivity contribution in [1.82, 2.24) is 24.8 Å². The fourth-order valence-electron chi connectivity index (χ4n) is 2.90. The lowest BCUT2D eigenvalue weighted by atomic mass is 10.2. The van der Waals surface area contributed by atoms with Gasteiger partial charge in [-0.15, -0.1) is 10.2 Å². The molecule has 0 radical (unpaired) electrons. The van der Waals surface area contributed by atoms with E-state index in [0.29, 0.717) is 10.1 Å². The van der Waals surface area contributed by atoms with Gasteiger partial charge in [0.1, 0.15) is 11.3 Å². The molecule has 4 aromatic heterocycles. The number of halogens is 3. The van der Waals surface area contributed by atoms with Crippen LogP contribution in [0.25, 0.3) is 40.0 Å². The number of aromatic nitrogens is 5. The maximum absolute atomic E-state index is 13.6. The van der Waals surface area contributed by atoms with Crippen LogP contribution in [0.15, 0.2) is 69.8 Å². The molecule has 144 valence electrons. The van der Waals surface area contributed by atoms with Gasteiger partial charge in [-0.05, 0) is 30.3 Å². The van der Waals surface area contributed by atoms with E-state index in [1.54, 1.807) is 30.3 Å². The van der Waals surface area contributed by atoms with E-state index in [9.17, 15) is 13.2 Å². The summed E-state index contributed by atoms with van der Waals surface area (Å²) in [5.41, 5.74) is -0.196. The first-order valence-corrected chi connectivity index (χ1v) is 8.40. The highest BCUT2D eigenvalue weighted by Gasteiger charge is 2.36. The van der Waals surface area contributed by atoms with Crippen LogP contribution in [0.2, 0.25) is 0 Å².